The van der Waals surface area contributed by atoms with Crippen LogP contribution in [0.3, 0.4) is 0 Å². The predicted molar refractivity (Wildman–Crippen MR) is 97.8 cm³/mol. The van der Waals surface area contributed by atoms with Gasteiger partial charge in [0.1, 0.15) is 0 Å². The summed E-state index contributed by atoms with van der Waals surface area (Å²) in [5.74, 6) is 0.334. The normalized spacial score (nSPS) is 13.8. The molecule has 0 unspecified atom stereocenters. The van der Waals surface area contributed by atoms with E-state index in [-0.39, 0.29) is 11.7 Å². The van der Waals surface area contributed by atoms with E-state index in [1.807, 2.05) is 54.6 Å². The van der Waals surface area contributed by atoms with Crippen molar-refractivity contribution in [3.8, 4) is 11.5 Å². The molecule has 2 heterocycles. The van der Waals surface area contributed by atoms with Crippen LogP contribution in [0.2, 0.25) is 0 Å². The number of oxazole rings is 1. The van der Waals surface area contributed by atoms with Crippen LogP contribution in [0.25, 0.3) is 11.5 Å². The van der Waals surface area contributed by atoms with Crippen LogP contribution in [0.5, 0.6) is 0 Å². The molecule has 126 valence electrons. The maximum atomic E-state index is 12.3. The fraction of sp³-hybridized carbons (Fsp3) is 0.200. The molecule has 3 aromatic rings. The Bertz CT molecular complexity index is 850. The lowest BCUT2D eigenvalue weighted by atomic mass is 10.2. The van der Waals surface area contributed by atoms with Crippen LogP contribution in [0, 0.1) is 0 Å². The van der Waals surface area contributed by atoms with Gasteiger partial charge in [0.25, 0.3) is 5.91 Å². The largest absolute Gasteiger partial charge is 0.431 e. The Labute approximate surface area is 146 Å². The monoisotopic (exact) mass is 333 g/mol. The molecule has 0 radical (unpaired) electrons. The topological polar surface area (TPSA) is 58.4 Å². The number of hydrogen-bond donors (Lipinski definition) is 1. The van der Waals surface area contributed by atoms with Gasteiger partial charge in [-0.2, -0.15) is 0 Å². The summed E-state index contributed by atoms with van der Waals surface area (Å²) < 4.78 is 5.58. The van der Waals surface area contributed by atoms with E-state index in [9.17, 15) is 4.79 Å². The van der Waals surface area contributed by atoms with Gasteiger partial charge in [0.15, 0.2) is 0 Å². The Kier molecular flexibility index (Phi) is 4.21. The van der Waals surface area contributed by atoms with Gasteiger partial charge in [0.2, 0.25) is 11.7 Å². The molecule has 1 N–H and O–H groups in total. The van der Waals surface area contributed by atoms with E-state index in [1.54, 1.807) is 0 Å². The quantitative estimate of drug-likeness (QED) is 0.777. The molecule has 1 aliphatic rings. The standard InChI is InChI=1S/C20H19N3O2/c24-19(18-14-21-20(25-18)15-6-2-1-3-7-15)22-16-8-10-17(11-9-16)23-12-4-5-13-23/h1-3,6-11,14H,4-5,12-13H2,(H,22,24). The maximum Gasteiger partial charge on any atom is 0.293 e. The van der Waals surface area contributed by atoms with E-state index < -0.39 is 0 Å². The third-order valence-electron chi connectivity index (χ3n) is 4.35. The Balaban J connectivity index is 1.44. The second-order valence-electron chi connectivity index (χ2n) is 6.09. The van der Waals surface area contributed by atoms with Crippen molar-refractivity contribution in [1.82, 2.24) is 4.98 Å². The molecule has 1 saturated heterocycles. The molecule has 5 heteroatoms. The highest BCUT2D eigenvalue weighted by atomic mass is 16.4. The van der Waals surface area contributed by atoms with Crippen molar-refractivity contribution in [3.05, 3.63) is 66.6 Å². The SMILES string of the molecule is O=C(Nc1ccc(N2CCCC2)cc1)c1cnc(-c2ccccc2)o1. The zero-order chi connectivity index (χ0) is 17.1. The first-order chi connectivity index (χ1) is 12.3. The van der Waals surface area contributed by atoms with Gasteiger partial charge in [-0.05, 0) is 49.2 Å². The Hall–Kier alpha value is -3.08. The molecule has 4 rings (SSSR count). The number of amides is 1. The van der Waals surface area contributed by atoms with E-state index in [1.165, 1.54) is 24.7 Å². The fourth-order valence-electron chi connectivity index (χ4n) is 3.02. The number of rotatable bonds is 4. The van der Waals surface area contributed by atoms with E-state index in [2.05, 4.69) is 15.2 Å². The minimum absolute atomic E-state index is 0.197. The summed E-state index contributed by atoms with van der Waals surface area (Å²) in [4.78, 5) is 18.9. The summed E-state index contributed by atoms with van der Waals surface area (Å²) in [5.41, 5.74) is 2.78. The highest BCUT2D eigenvalue weighted by Crippen LogP contribution is 2.23. The van der Waals surface area contributed by atoms with Crippen molar-refractivity contribution in [3.63, 3.8) is 0 Å². The Morgan fingerprint density at radius 1 is 1.00 bits per heavy atom. The van der Waals surface area contributed by atoms with Gasteiger partial charge in [-0.25, -0.2) is 4.98 Å². The molecule has 1 aliphatic heterocycles. The minimum atomic E-state index is -0.302. The van der Waals surface area contributed by atoms with Crippen molar-refractivity contribution >= 4 is 17.3 Å². The van der Waals surface area contributed by atoms with E-state index in [0.717, 1.165) is 24.3 Å². The lowest BCUT2D eigenvalue weighted by molar-refractivity contribution is 0.0997. The first-order valence-corrected chi connectivity index (χ1v) is 8.47. The molecule has 2 aromatic carbocycles. The lowest BCUT2D eigenvalue weighted by Gasteiger charge is -2.17. The van der Waals surface area contributed by atoms with Crippen LogP contribution in [-0.4, -0.2) is 24.0 Å². The van der Waals surface area contributed by atoms with Gasteiger partial charge >= 0.3 is 0 Å². The highest BCUT2D eigenvalue weighted by Gasteiger charge is 2.15. The van der Waals surface area contributed by atoms with E-state index in [4.69, 9.17) is 4.42 Å². The van der Waals surface area contributed by atoms with Crippen LogP contribution in [0.1, 0.15) is 23.4 Å². The van der Waals surface area contributed by atoms with E-state index >= 15 is 0 Å². The van der Waals surface area contributed by atoms with Gasteiger partial charge in [-0.3, -0.25) is 4.79 Å². The molecule has 1 amide bonds. The second-order valence-corrected chi connectivity index (χ2v) is 6.09. The van der Waals surface area contributed by atoms with Gasteiger partial charge in [0.05, 0.1) is 6.20 Å². The summed E-state index contributed by atoms with van der Waals surface area (Å²) >= 11 is 0. The maximum absolute atomic E-state index is 12.3. The van der Waals surface area contributed by atoms with Crippen molar-refractivity contribution in [1.29, 1.82) is 0 Å². The number of benzene rings is 2. The van der Waals surface area contributed by atoms with Crippen LogP contribution in [0.15, 0.2) is 65.2 Å². The third-order valence-corrected chi connectivity index (χ3v) is 4.35. The molecule has 0 bridgehead atoms. The van der Waals surface area contributed by atoms with Gasteiger partial charge < -0.3 is 14.6 Å². The van der Waals surface area contributed by atoms with E-state index in [0.29, 0.717) is 5.89 Å². The fourth-order valence-corrected chi connectivity index (χ4v) is 3.02. The number of carbonyl (C=O) groups is 1. The summed E-state index contributed by atoms with van der Waals surface area (Å²) in [6, 6.07) is 17.4. The van der Waals surface area contributed by atoms with Gasteiger partial charge in [-0.1, -0.05) is 18.2 Å². The van der Waals surface area contributed by atoms with Crippen LogP contribution in [0.4, 0.5) is 11.4 Å². The molecule has 5 nitrogen and oxygen atoms in total. The van der Waals surface area contributed by atoms with Crippen LogP contribution < -0.4 is 10.2 Å². The number of nitrogens with zero attached hydrogens (tertiary/aromatic N) is 2. The lowest BCUT2D eigenvalue weighted by Crippen LogP contribution is -2.17. The predicted octanol–water partition coefficient (Wildman–Crippen LogP) is 4.19. The highest BCUT2D eigenvalue weighted by molar-refractivity contribution is 6.02. The molecule has 0 saturated carbocycles. The first kappa shape index (κ1) is 15.4. The molecule has 1 aromatic heterocycles. The Morgan fingerprint density at radius 3 is 2.44 bits per heavy atom. The molecule has 0 spiro atoms. The van der Waals surface area contributed by atoms with Crippen molar-refractivity contribution in [2.24, 2.45) is 0 Å². The van der Waals surface area contributed by atoms with Crippen LogP contribution >= 0.6 is 0 Å². The molecule has 25 heavy (non-hydrogen) atoms. The molecule has 1 fully saturated rings. The Morgan fingerprint density at radius 2 is 1.72 bits per heavy atom. The van der Waals surface area contributed by atoms with Gasteiger partial charge in [-0.15, -0.1) is 0 Å². The number of nitrogens with one attached hydrogen (secondary N) is 1. The van der Waals surface area contributed by atoms with Gasteiger partial charge in [0, 0.05) is 30.0 Å². The smallest absolute Gasteiger partial charge is 0.293 e. The zero-order valence-electron chi connectivity index (χ0n) is 13.8. The second kappa shape index (κ2) is 6.81. The van der Waals surface area contributed by atoms with Crippen molar-refractivity contribution in [2.75, 3.05) is 23.3 Å². The average molecular weight is 333 g/mol. The molecule has 0 atom stereocenters. The molecular weight excluding hydrogens is 314 g/mol. The summed E-state index contributed by atoms with van der Waals surface area (Å²) in [6.45, 7) is 2.21. The molecule has 0 aliphatic carbocycles. The number of hydrogen-bond acceptors (Lipinski definition) is 4. The number of aromatic nitrogens is 1. The summed E-state index contributed by atoms with van der Waals surface area (Å²) in [7, 11) is 0. The van der Waals surface area contributed by atoms with Crippen molar-refractivity contribution in [2.45, 2.75) is 12.8 Å². The summed E-state index contributed by atoms with van der Waals surface area (Å²) in [5, 5.41) is 2.85. The third kappa shape index (κ3) is 3.40. The number of anilines is 2. The summed E-state index contributed by atoms with van der Waals surface area (Å²) in [6.07, 6.45) is 3.94. The molecular formula is C20H19N3O2. The zero-order valence-corrected chi connectivity index (χ0v) is 13.8. The minimum Gasteiger partial charge on any atom is -0.431 e. The average Bonchev–Trinajstić information content (AvgIpc) is 3.35. The first-order valence-electron chi connectivity index (χ1n) is 8.47. The van der Waals surface area contributed by atoms with Crippen molar-refractivity contribution < 1.29 is 9.21 Å². The van der Waals surface area contributed by atoms with Crippen LogP contribution in [-0.2, 0) is 0 Å². The number of carbonyl (C=O) groups excluding carboxylic acids is 1.